The van der Waals surface area contributed by atoms with Gasteiger partial charge in [0.2, 0.25) is 11.8 Å². The maximum atomic E-state index is 13.2. The smallest absolute Gasteiger partial charge is 0.257 e. The summed E-state index contributed by atoms with van der Waals surface area (Å²) in [5.74, 6) is -0.752. The van der Waals surface area contributed by atoms with Crippen molar-refractivity contribution in [1.29, 1.82) is 0 Å². The number of hydrogen-bond donors (Lipinski definition) is 0. The van der Waals surface area contributed by atoms with E-state index in [2.05, 4.69) is 0 Å². The van der Waals surface area contributed by atoms with Gasteiger partial charge in [0.1, 0.15) is 17.6 Å². The number of carbonyl (C=O) groups excluding carboxylic acids is 3. The van der Waals surface area contributed by atoms with Crippen LogP contribution in [0.25, 0.3) is 0 Å². The van der Waals surface area contributed by atoms with Gasteiger partial charge >= 0.3 is 0 Å². The molecule has 2 aromatic rings. The summed E-state index contributed by atoms with van der Waals surface area (Å²) in [5.41, 5.74) is 1.16. The minimum Gasteiger partial charge on any atom is -0.497 e. The van der Waals surface area contributed by atoms with Crippen LogP contribution in [-0.2, 0) is 20.9 Å². The second kappa shape index (κ2) is 7.66. The maximum Gasteiger partial charge on any atom is 0.257 e. The van der Waals surface area contributed by atoms with Gasteiger partial charge in [-0.15, -0.1) is 0 Å². The molecule has 3 amide bonds. The Kier molecular flexibility index (Phi) is 5.05. The van der Waals surface area contributed by atoms with Crippen molar-refractivity contribution >= 4 is 23.4 Å². The Morgan fingerprint density at radius 2 is 1.76 bits per heavy atom. The third-order valence-corrected chi connectivity index (χ3v) is 5.31. The molecule has 0 spiro atoms. The van der Waals surface area contributed by atoms with E-state index in [1.807, 2.05) is 0 Å². The van der Waals surface area contributed by atoms with E-state index < -0.39 is 11.9 Å². The molecule has 1 aliphatic heterocycles. The third kappa shape index (κ3) is 3.85. The van der Waals surface area contributed by atoms with Crippen LogP contribution in [-0.4, -0.2) is 35.8 Å². The van der Waals surface area contributed by atoms with E-state index in [0.717, 1.165) is 17.7 Å². The fourth-order valence-electron chi connectivity index (χ4n) is 3.55. The number of carbonyl (C=O) groups is 3. The number of amides is 3. The van der Waals surface area contributed by atoms with E-state index in [4.69, 9.17) is 4.74 Å². The monoisotopic (exact) mass is 396 g/mol. The summed E-state index contributed by atoms with van der Waals surface area (Å²) >= 11 is 0. The Morgan fingerprint density at radius 1 is 1.10 bits per heavy atom. The number of hydrogen-bond acceptors (Lipinski definition) is 4. The van der Waals surface area contributed by atoms with Crippen molar-refractivity contribution in [2.24, 2.45) is 5.92 Å². The van der Waals surface area contributed by atoms with Gasteiger partial charge in [-0.1, -0.05) is 12.1 Å². The summed E-state index contributed by atoms with van der Waals surface area (Å²) in [6.07, 6.45) is 1.51. The quantitative estimate of drug-likeness (QED) is 0.705. The van der Waals surface area contributed by atoms with Crippen LogP contribution >= 0.6 is 0 Å². The van der Waals surface area contributed by atoms with Crippen molar-refractivity contribution in [1.82, 2.24) is 4.90 Å². The first-order valence-electron chi connectivity index (χ1n) is 9.53. The van der Waals surface area contributed by atoms with Gasteiger partial charge < -0.3 is 9.64 Å². The highest BCUT2D eigenvalue weighted by Crippen LogP contribution is 2.35. The molecule has 2 aliphatic rings. The number of halogens is 1. The molecule has 2 fully saturated rings. The van der Waals surface area contributed by atoms with Gasteiger partial charge in [-0.05, 0) is 54.8 Å². The Labute approximate surface area is 167 Å². The zero-order valence-electron chi connectivity index (χ0n) is 16.0. The van der Waals surface area contributed by atoms with Crippen LogP contribution in [0.1, 0.15) is 24.8 Å². The average Bonchev–Trinajstić information content (AvgIpc) is 3.53. The van der Waals surface area contributed by atoms with Crippen molar-refractivity contribution in [3.63, 3.8) is 0 Å². The first-order chi connectivity index (χ1) is 14.0. The fraction of sp³-hybridized carbons (Fsp3) is 0.318. The second-order valence-electron chi connectivity index (χ2n) is 7.35. The van der Waals surface area contributed by atoms with Gasteiger partial charge in [-0.2, -0.15) is 0 Å². The zero-order valence-corrected chi connectivity index (χ0v) is 16.0. The SMILES string of the molecule is COc1ccc(N2C(=O)CC(N(Cc3ccc(F)cc3)C(=O)C3CC3)C2=O)cc1. The molecule has 1 atom stereocenters. The number of ether oxygens (including phenoxy) is 1. The molecule has 6 nitrogen and oxygen atoms in total. The van der Waals surface area contributed by atoms with Crippen molar-refractivity contribution < 1.29 is 23.5 Å². The topological polar surface area (TPSA) is 66.9 Å². The lowest BCUT2D eigenvalue weighted by molar-refractivity contribution is -0.140. The lowest BCUT2D eigenvalue weighted by atomic mass is 10.1. The third-order valence-electron chi connectivity index (χ3n) is 5.31. The van der Waals surface area contributed by atoms with E-state index in [0.29, 0.717) is 17.0 Å². The molecule has 1 unspecified atom stereocenters. The molecule has 1 aliphatic carbocycles. The Hall–Kier alpha value is -3.22. The summed E-state index contributed by atoms with van der Waals surface area (Å²) in [7, 11) is 1.54. The molecule has 29 heavy (non-hydrogen) atoms. The average molecular weight is 396 g/mol. The summed E-state index contributed by atoms with van der Waals surface area (Å²) in [6.45, 7) is 0.162. The van der Waals surface area contributed by atoms with Crippen LogP contribution in [0.2, 0.25) is 0 Å². The summed E-state index contributed by atoms with van der Waals surface area (Å²) < 4.78 is 18.3. The van der Waals surface area contributed by atoms with Crippen molar-refractivity contribution in [3.8, 4) is 5.75 Å². The largest absolute Gasteiger partial charge is 0.497 e. The number of methoxy groups -OCH3 is 1. The highest BCUT2D eigenvalue weighted by atomic mass is 19.1. The van der Waals surface area contributed by atoms with Crippen molar-refractivity contribution in [3.05, 3.63) is 59.9 Å². The molecular weight excluding hydrogens is 375 g/mol. The predicted octanol–water partition coefficient (Wildman–Crippen LogP) is 2.91. The zero-order chi connectivity index (χ0) is 20.5. The number of rotatable bonds is 6. The molecule has 0 N–H and O–H groups in total. The number of imide groups is 1. The molecule has 4 rings (SSSR count). The summed E-state index contributed by atoms with van der Waals surface area (Å²) in [5, 5.41) is 0. The first-order valence-corrected chi connectivity index (χ1v) is 9.53. The summed E-state index contributed by atoms with van der Waals surface area (Å²) in [4.78, 5) is 41.3. The molecule has 7 heteroatoms. The van der Waals surface area contributed by atoms with Gasteiger partial charge in [0.15, 0.2) is 0 Å². The number of anilines is 1. The van der Waals surface area contributed by atoms with Crippen LogP contribution in [0, 0.1) is 11.7 Å². The van der Waals surface area contributed by atoms with Gasteiger partial charge in [-0.3, -0.25) is 14.4 Å². The standard InChI is InChI=1S/C22H21FN2O4/c1-29-18-10-8-17(9-11-18)25-20(26)12-19(22(25)28)24(21(27)15-4-5-15)13-14-2-6-16(23)7-3-14/h2-3,6-11,15,19H,4-5,12-13H2,1H3. The highest BCUT2D eigenvalue weighted by Gasteiger charge is 2.46. The fourth-order valence-corrected chi connectivity index (χ4v) is 3.55. The maximum absolute atomic E-state index is 13.2. The van der Waals surface area contributed by atoms with Gasteiger partial charge in [0.05, 0.1) is 19.2 Å². The molecule has 0 bridgehead atoms. The Morgan fingerprint density at radius 3 is 2.34 bits per heavy atom. The van der Waals surface area contributed by atoms with E-state index in [1.54, 1.807) is 36.4 Å². The van der Waals surface area contributed by atoms with E-state index in [9.17, 15) is 18.8 Å². The molecule has 1 heterocycles. The second-order valence-corrected chi connectivity index (χ2v) is 7.35. The minimum absolute atomic E-state index is 0.0650. The van der Waals surface area contributed by atoms with Crippen LogP contribution in [0.5, 0.6) is 5.75 Å². The van der Waals surface area contributed by atoms with Gasteiger partial charge in [0.25, 0.3) is 5.91 Å². The normalized spacial score (nSPS) is 18.8. The lowest BCUT2D eigenvalue weighted by Crippen LogP contribution is -2.45. The highest BCUT2D eigenvalue weighted by molar-refractivity contribution is 6.23. The van der Waals surface area contributed by atoms with Gasteiger partial charge in [-0.25, -0.2) is 9.29 Å². The van der Waals surface area contributed by atoms with Crippen LogP contribution in [0.4, 0.5) is 10.1 Å². The molecule has 0 radical (unpaired) electrons. The molecule has 1 saturated heterocycles. The predicted molar refractivity (Wildman–Crippen MR) is 104 cm³/mol. The molecular formula is C22H21FN2O4. The van der Waals surface area contributed by atoms with Gasteiger partial charge in [0, 0.05) is 12.5 Å². The first kappa shape index (κ1) is 19.1. The minimum atomic E-state index is -0.859. The van der Waals surface area contributed by atoms with Crippen LogP contribution in [0.15, 0.2) is 48.5 Å². The Bertz CT molecular complexity index is 938. The Balaban J connectivity index is 1.60. The molecule has 0 aromatic heterocycles. The van der Waals surface area contributed by atoms with Crippen LogP contribution in [0.3, 0.4) is 0 Å². The summed E-state index contributed by atoms with van der Waals surface area (Å²) in [6, 6.07) is 11.6. The van der Waals surface area contributed by atoms with E-state index in [1.165, 1.54) is 24.1 Å². The number of nitrogens with zero attached hydrogens (tertiary/aromatic N) is 2. The van der Waals surface area contributed by atoms with E-state index in [-0.39, 0.29) is 36.5 Å². The van der Waals surface area contributed by atoms with E-state index >= 15 is 0 Å². The van der Waals surface area contributed by atoms with Crippen molar-refractivity contribution in [2.45, 2.75) is 31.8 Å². The van der Waals surface area contributed by atoms with Crippen molar-refractivity contribution in [2.75, 3.05) is 12.0 Å². The molecule has 1 saturated carbocycles. The van der Waals surface area contributed by atoms with Crippen LogP contribution < -0.4 is 9.64 Å². The number of benzene rings is 2. The lowest BCUT2D eigenvalue weighted by Gasteiger charge is -2.28. The molecule has 150 valence electrons. The molecule has 2 aromatic carbocycles.